The summed E-state index contributed by atoms with van der Waals surface area (Å²) in [5.41, 5.74) is -0.428. The Hall–Kier alpha value is -2.22. The van der Waals surface area contributed by atoms with Gasteiger partial charge in [0, 0.05) is 17.7 Å². The molecule has 2 aliphatic rings. The van der Waals surface area contributed by atoms with Crippen LogP contribution >= 0.6 is 12.2 Å². The Labute approximate surface area is 125 Å². The third-order valence-corrected chi connectivity index (χ3v) is 4.09. The fraction of sp³-hybridized carbons (Fsp3) is 0.385. The number of Topliss-reactive ketones (excluding diaryl/α,β-unsaturated/α-hetero) is 1. The highest BCUT2D eigenvalue weighted by atomic mass is 32.1. The standard InChI is InChI=1S/C13H13N3O4S/c1-6(17)10-11-8-5-7(16(18)19)3-4-9(8)20-13(10,2)15-12(21)14-11/h3-5,10-11H,1-2H3,(H2,14,15,21). The van der Waals surface area contributed by atoms with Crippen molar-refractivity contribution in [1.82, 2.24) is 10.6 Å². The van der Waals surface area contributed by atoms with Crippen LogP contribution < -0.4 is 15.4 Å². The SMILES string of the molecule is CC(=O)C1C2NC(=S)NC1(C)Oc1ccc([N+](=O)[O-])cc12. The van der Waals surface area contributed by atoms with Crippen molar-refractivity contribution in [2.24, 2.45) is 5.92 Å². The number of benzene rings is 1. The van der Waals surface area contributed by atoms with Gasteiger partial charge in [-0.1, -0.05) is 0 Å². The summed E-state index contributed by atoms with van der Waals surface area (Å²) in [7, 11) is 0. The van der Waals surface area contributed by atoms with Crippen molar-refractivity contribution in [3.8, 4) is 5.75 Å². The fourth-order valence-corrected chi connectivity index (χ4v) is 3.39. The Kier molecular flexibility index (Phi) is 2.87. The number of thiocarbonyl (C=S) groups is 1. The quantitative estimate of drug-likeness (QED) is 0.485. The summed E-state index contributed by atoms with van der Waals surface area (Å²) in [6.45, 7) is 3.23. The van der Waals surface area contributed by atoms with Gasteiger partial charge in [0.05, 0.1) is 11.0 Å². The number of fused-ring (bicyclic) bond motifs is 4. The van der Waals surface area contributed by atoms with Crippen LogP contribution in [0.2, 0.25) is 0 Å². The minimum Gasteiger partial charge on any atom is -0.467 e. The van der Waals surface area contributed by atoms with E-state index < -0.39 is 22.6 Å². The zero-order valence-corrected chi connectivity index (χ0v) is 12.2. The van der Waals surface area contributed by atoms with Gasteiger partial charge in [0.1, 0.15) is 17.5 Å². The Morgan fingerprint density at radius 1 is 1.52 bits per heavy atom. The summed E-state index contributed by atoms with van der Waals surface area (Å²) in [5, 5.41) is 17.3. The summed E-state index contributed by atoms with van der Waals surface area (Å²) >= 11 is 5.14. The molecular weight excluding hydrogens is 294 g/mol. The van der Waals surface area contributed by atoms with E-state index in [0.717, 1.165) is 0 Å². The second kappa shape index (κ2) is 4.39. The number of carbonyl (C=O) groups excluding carboxylic acids is 1. The second-order valence-electron chi connectivity index (χ2n) is 5.35. The van der Waals surface area contributed by atoms with Crippen LogP contribution in [0.4, 0.5) is 5.69 Å². The first-order chi connectivity index (χ1) is 9.82. The molecule has 1 aromatic rings. The van der Waals surface area contributed by atoms with Crippen LogP contribution in [0.25, 0.3) is 0 Å². The Bertz CT molecular complexity index is 677. The Morgan fingerprint density at radius 3 is 2.86 bits per heavy atom. The molecule has 2 heterocycles. The second-order valence-corrected chi connectivity index (χ2v) is 5.76. The highest BCUT2D eigenvalue weighted by Gasteiger charge is 2.53. The third kappa shape index (κ3) is 2.02. The molecule has 2 bridgehead atoms. The molecule has 0 spiro atoms. The van der Waals surface area contributed by atoms with E-state index in [1.54, 1.807) is 13.0 Å². The van der Waals surface area contributed by atoms with E-state index in [2.05, 4.69) is 10.6 Å². The molecule has 0 aromatic heterocycles. The van der Waals surface area contributed by atoms with Crippen molar-refractivity contribution >= 4 is 28.8 Å². The molecule has 8 heteroatoms. The molecular formula is C13H13N3O4S. The first kappa shape index (κ1) is 13.7. The van der Waals surface area contributed by atoms with Gasteiger partial charge in [0.15, 0.2) is 10.8 Å². The Balaban J connectivity index is 2.17. The van der Waals surface area contributed by atoms with Crippen molar-refractivity contribution in [2.45, 2.75) is 25.6 Å². The van der Waals surface area contributed by atoms with Gasteiger partial charge in [-0.2, -0.15) is 0 Å². The lowest BCUT2D eigenvalue weighted by molar-refractivity contribution is -0.385. The maximum Gasteiger partial charge on any atom is 0.270 e. The number of hydrogen-bond donors (Lipinski definition) is 2. The van der Waals surface area contributed by atoms with Gasteiger partial charge in [-0.25, -0.2) is 0 Å². The van der Waals surface area contributed by atoms with Gasteiger partial charge in [-0.05, 0) is 32.1 Å². The number of carbonyl (C=O) groups is 1. The van der Waals surface area contributed by atoms with Crippen molar-refractivity contribution in [3.63, 3.8) is 0 Å². The monoisotopic (exact) mass is 307 g/mol. The molecule has 110 valence electrons. The van der Waals surface area contributed by atoms with Crippen molar-refractivity contribution < 1.29 is 14.5 Å². The van der Waals surface area contributed by atoms with E-state index in [1.165, 1.54) is 19.1 Å². The van der Waals surface area contributed by atoms with Gasteiger partial charge in [0.25, 0.3) is 5.69 Å². The molecule has 1 saturated heterocycles. The molecule has 0 amide bonds. The molecule has 7 nitrogen and oxygen atoms in total. The van der Waals surface area contributed by atoms with Crippen LogP contribution in [0.5, 0.6) is 5.75 Å². The minimum absolute atomic E-state index is 0.0468. The number of hydrogen-bond acceptors (Lipinski definition) is 5. The van der Waals surface area contributed by atoms with Crippen LogP contribution in [0.3, 0.4) is 0 Å². The average Bonchev–Trinajstić information content (AvgIpc) is 2.35. The van der Waals surface area contributed by atoms with Crippen LogP contribution in [-0.4, -0.2) is 21.5 Å². The van der Waals surface area contributed by atoms with E-state index in [0.29, 0.717) is 16.4 Å². The van der Waals surface area contributed by atoms with Gasteiger partial charge < -0.3 is 15.4 Å². The number of nitrogens with zero attached hydrogens (tertiary/aromatic N) is 1. The van der Waals surface area contributed by atoms with Crippen LogP contribution in [0.15, 0.2) is 18.2 Å². The molecule has 2 aliphatic heterocycles. The van der Waals surface area contributed by atoms with Gasteiger partial charge in [0.2, 0.25) is 0 Å². The molecule has 3 unspecified atom stereocenters. The molecule has 1 fully saturated rings. The van der Waals surface area contributed by atoms with Crippen molar-refractivity contribution in [2.75, 3.05) is 0 Å². The average molecular weight is 307 g/mol. The number of nitrogens with one attached hydrogen (secondary N) is 2. The molecule has 3 rings (SSSR count). The molecule has 21 heavy (non-hydrogen) atoms. The van der Waals surface area contributed by atoms with Crippen LogP contribution in [-0.2, 0) is 4.79 Å². The predicted octanol–water partition coefficient (Wildman–Crippen LogP) is 1.43. The summed E-state index contributed by atoms with van der Waals surface area (Å²) in [4.78, 5) is 22.5. The smallest absolute Gasteiger partial charge is 0.270 e. The van der Waals surface area contributed by atoms with Crippen LogP contribution in [0.1, 0.15) is 25.5 Å². The molecule has 1 aromatic carbocycles. The Morgan fingerprint density at radius 2 is 2.24 bits per heavy atom. The number of rotatable bonds is 2. The predicted molar refractivity (Wildman–Crippen MR) is 77.9 cm³/mol. The zero-order valence-electron chi connectivity index (χ0n) is 11.4. The molecule has 3 atom stereocenters. The zero-order chi connectivity index (χ0) is 15.4. The molecule has 2 N–H and O–H groups in total. The number of non-ortho nitro benzene ring substituents is 1. The van der Waals surface area contributed by atoms with E-state index in [1.807, 2.05) is 0 Å². The summed E-state index contributed by atoms with van der Waals surface area (Å²) in [6, 6.07) is 3.91. The largest absolute Gasteiger partial charge is 0.467 e. The van der Waals surface area contributed by atoms with E-state index in [-0.39, 0.29) is 11.5 Å². The van der Waals surface area contributed by atoms with E-state index in [9.17, 15) is 14.9 Å². The van der Waals surface area contributed by atoms with Gasteiger partial charge in [-0.3, -0.25) is 14.9 Å². The first-order valence-corrected chi connectivity index (χ1v) is 6.79. The van der Waals surface area contributed by atoms with Crippen LogP contribution in [0, 0.1) is 16.0 Å². The molecule has 0 saturated carbocycles. The maximum atomic E-state index is 12.0. The van der Waals surface area contributed by atoms with Gasteiger partial charge >= 0.3 is 0 Å². The summed E-state index contributed by atoms with van der Waals surface area (Å²) < 4.78 is 5.89. The number of nitro benzene ring substituents is 1. The molecule has 0 aliphatic carbocycles. The lowest BCUT2D eigenvalue weighted by Gasteiger charge is -2.50. The van der Waals surface area contributed by atoms with E-state index >= 15 is 0 Å². The highest BCUT2D eigenvalue weighted by Crippen LogP contribution is 2.46. The lowest BCUT2D eigenvalue weighted by atomic mass is 9.78. The third-order valence-electron chi connectivity index (χ3n) is 3.87. The van der Waals surface area contributed by atoms with Crippen molar-refractivity contribution in [3.05, 3.63) is 33.9 Å². The maximum absolute atomic E-state index is 12.0. The number of ketones is 1. The lowest BCUT2D eigenvalue weighted by Crippen LogP contribution is -2.69. The normalized spacial score (nSPS) is 29.5. The van der Waals surface area contributed by atoms with E-state index in [4.69, 9.17) is 17.0 Å². The topological polar surface area (TPSA) is 93.5 Å². The number of ether oxygens (including phenoxy) is 1. The fourth-order valence-electron chi connectivity index (χ4n) is 3.06. The van der Waals surface area contributed by atoms with Crippen molar-refractivity contribution in [1.29, 1.82) is 0 Å². The molecule has 0 radical (unpaired) electrons. The summed E-state index contributed by atoms with van der Waals surface area (Å²) in [5.74, 6) is -0.103. The summed E-state index contributed by atoms with van der Waals surface area (Å²) in [6.07, 6.45) is 0. The number of nitro groups is 1. The van der Waals surface area contributed by atoms with Gasteiger partial charge in [-0.15, -0.1) is 0 Å². The highest BCUT2D eigenvalue weighted by molar-refractivity contribution is 7.80. The first-order valence-electron chi connectivity index (χ1n) is 6.38. The minimum atomic E-state index is -0.956.